The van der Waals surface area contributed by atoms with E-state index in [1.807, 2.05) is 78.3 Å². The number of aliphatic imine (C=N–C) groups is 6. The lowest BCUT2D eigenvalue weighted by molar-refractivity contribution is 0.298. The highest BCUT2D eigenvalue weighted by Gasteiger charge is 2.10. The minimum atomic E-state index is 0.519. The van der Waals surface area contributed by atoms with E-state index < -0.39 is 0 Å². The lowest BCUT2D eigenvalue weighted by Gasteiger charge is -2.22. The largest absolute Gasteiger partial charge is 0.310 e. The first-order chi connectivity index (χ1) is 21.6. The molecule has 1 atom stereocenters. The van der Waals surface area contributed by atoms with E-state index in [9.17, 15) is 0 Å². The van der Waals surface area contributed by atoms with Gasteiger partial charge in [0.25, 0.3) is 0 Å². The van der Waals surface area contributed by atoms with E-state index in [0.29, 0.717) is 44.4 Å². The Morgan fingerprint density at radius 1 is 0.386 bits per heavy atom. The zero-order valence-corrected chi connectivity index (χ0v) is 25.0. The van der Waals surface area contributed by atoms with Crippen molar-refractivity contribution in [3.8, 4) is 0 Å². The SMILES string of the molecule is C=C1/N=C\c2ccc(cc2)/C=N\CCN2CC/N=C/c3ccc(cc3)/C=N/CCN1C(=C)/N=C/c1ccc(cc1)/C=N/CC2. The Bertz CT molecular complexity index is 1490. The van der Waals surface area contributed by atoms with Crippen LogP contribution in [0.25, 0.3) is 0 Å². The zero-order chi connectivity index (χ0) is 30.4. The summed E-state index contributed by atoms with van der Waals surface area (Å²) in [7, 11) is 0. The second-order valence-electron chi connectivity index (χ2n) is 10.5. The molecule has 12 aliphatic rings. The van der Waals surface area contributed by atoms with E-state index in [1.54, 1.807) is 12.4 Å². The van der Waals surface area contributed by atoms with E-state index >= 15 is 0 Å². The Morgan fingerprint density at radius 2 is 0.659 bits per heavy atom. The molecule has 0 saturated heterocycles. The van der Waals surface area contributed by atoms with Gasteiger partial charge in [-0.05, 0) is 33.4 Å². The highest BCUT2D eigenvalue weighted by Crippen LogP contribution is 2.14. The Kier molecular flexibility index (Phi) is 11.0. The van der Waals surface area contributed by atoms with Crippen LogP contribution in [0.5, 0.6) is 0 Å². The van der Waals surface area contributed by atoms with Crippen LogP contribution in [0.15, 0.2) is 128 Å². The van der Waals surface area contributed by atoms with Gasteiger partial charge in [0.1, 0.15) is 11.6 Å². The highest BCUT2D eigenvalue weighted by molar-refractivity contribution is 5.86. The number of hydrogen-bond acceptors (Lipinski definition) is 8. The maximum atomic E-state index is 4.70. The third-order valence-electron chi connectivity index (χ3n) is 7.21. The van der Waals surface area contributed by atoms with Gasteiger partial charge in [0, 0.05) is 63.5 Å². The molecule has 12 aliphatic heterocycles. The van der Waals surface area contributed by atoms with Gasteiger partial charge in [0.05, 0.1) is 26.2 Å². The summed E-state index contributed by atoms with van der Waals surface area (Å²) in [6.45, 7) is 14.1. The highest BCUT2D eigenvalue weighted by atomic mass is 15.3. The van der Waals surface area contributed by atoms with Crippen LogP contribution in [0.1, 0.15) is 33.4 Å². The van der Waals surface area contributed by atoms with Gasteiger partial charge in [0.15, 0.2) is 0 Å². The first-order valence-electron chi connectivity index (χ1n) is 14.9. The van der Waals surface area contributed by atoms with Crippen LogP contribution in [-0.2, 0) is 0 Å². The molecule has 0 aromatic heterocycles. The molecule has 0 N–H and O–H groups in total. The van der Waals surface area contributed by atoms with E-state index in [2.05, 4.69) is 57.3 Å². The van der Waals surface area contributed by atoms with Gasteiger partial charge in [0.2, 0.25) is 0 Å². The average molecular weight is 583 g/mol. The second kappa shape index (κ2) is 16.0. The maximum absolute atomic E-state index is 4.70. The molecule has 8 bridgehead atoms. The summed E-state index contributed by atoms with van der Waals surface area (Å²) in [5.74, 6) is 1.07. The Morgan fingerprint density at radius 3 is 0.977 bits per heavy atom. The van der Waals surface area contributed by atoms with Crippen LogP contribution in [0.2, 0.25) is 0 Å². The topological polar surface area (TPSA) is 80.6 Å². The van der Waals surface area contributed by atoms with Crippen molar-refractivity contribution < 1.29 is 0 Å². The van der Waals surface area contributed by atoms with Crippen molar-refractivity contribution in [2.45, 2.75) is 0 Å². The van der Waals surface area contributed by atoms with E-state index in [0.717, 1.165) is 53.0 Å². The molecule has 8 heteroatoms. The van der Waals surface area contributed by atoms with Crippen LogP contribution in [0.4, 0.5) is 0 Å². The molecule has 0 fully saturated rings. The Balaban J connectivity index is 1.49. The predicted octanol–water partition coefficient (Wildman–Crippen LogP) is 5.17. The molecule has 0 saturated carbocycles. The molecule has 15 rings (SSSR count). The number of hydrogen-bond donors (Lipinski definition) is 0. The molecule has 0 spiro atoms. The van der Waals surface area contributed by atoms with Crippen LogP contribution in [0, 0.1) is 0 Å². The summed E-state index contributed by atoms with van der Waals surface area (Å²) < 4.78 is 0. The Hall–Kier alpha value is -5.08. The van der Waals surface area contributed by atoms with E-state index in [-0.39, 0.29) is 0 Å². The molecule has 8 nitrogen and oxygen atoms in total. The van der Waals surface area contributed by atoms with Crippen LogP contribution < -0.4 is 0 Å². The van der Waals surface area contributed by atoms with Crippen molar-refractivity contribution >= 4 is 37.3 Å². The van der Waals surface area contributed by atoms with Crippen molar-refractivity contribution in [1.29, 1.82) is 0 Å². The Labute approximate surface area is 260 Å². The molecular weight excluding hydrogens is 544 g/mol. The van der Waals surface area contributed by atoms with Gasteiger partial charge in [-0.3, -0.25) is 24.9 Å². The van der Waals surface area contributed by atoms with E-state index in [1.165, 1.54) is 0 Å². The van der Waals surface area contributed by atoms with Gasteiger partial charge in [-0.25, -0.2) is 9.98 Å². The first-order valence-corrected chi connectivity index (χ1v) is 14.9. The molecule has 44 heavy (non-hydrogen) atoms. The van der Waals surface area contributed by atoms with Crippen molar-refractivity contribution in [1.82, 2.24) is 9.80 Å². The fourth-order valence-corrected chi connectivity index (χ4v) is 4.62. The van der Waals surface area contributed by atoms with Crippen molar-refractivity contribution in [3.63, 3.8) is 0 Å². The fourth-order valence-electron chi connectivity index (χ4n) is 4.62. The monoisotopic (exact) mass is 582 g/mol. The van der Waals surface area contributed by atoms with Crippen LogP contribution in [-0.4, -0.2) is 99.4 Å². The minimum absolute atomic E-state index is 0.519. The number of nitrogens with zero attached hydrogens (tertiary/aromatic N) is 8. The molecular formula is C36H38N8. The van der Waals surface area contributed by atoms with Crippen LogP contribution in [0.3, 0.4) is 0 Å². The minimum Gasteiger partial charge on any atom is -0.310 e. The average Bonchev–Trinajstić information content (AvgIpc) is 3.05. The normalized spacial score (nSPS) is 22.7. The molecule has 0 aliphatic carbocycles. The van der Waals surface area contributed by atoms with Gasteiger partial charge >= 0.3 is 0 Å². The van der Waals surface area contributed by atoms with Crippen molar-refractivity contribution in [2.24, 2.45) is 30.0 Å². The summed E-state index contributed by atoms with van der Waals surface area (Å²) in [6.07, 6.45) is 11.3. The molecule has 0 radical (unpaired) electrons. The van der Waals surface area contributed by atoms with Crippen LogP contribution >= 0.6 is 0 Å². The third-order valence-corrected chi connectivity index (χ3v) is 7.21. The van der Waals surface area contributed by atoms with E-state index in [4.69, 9.17) is 15.0 Å². The number of rotatable bonds is 0. The molecule has 3 aromatic rings. The standard InChI is InChI=1S/C36H38N8/c1-29-41-27-35-11-7-33(8-12-35)24-38-16-20-43-19-15-37-23-31-3-5-32(6-4-31)26-40-18-22-44(29)30(2)42-28-36-13-9-34(10-14-36)25-39-17-21-43/h3-14,23-28H,1-2,15-22H2/b37-23+,38-24-,39-25+,40-26+,41-27-,42-28+. The summed E-state index contributed by atoms with van der Waals surface area (Å²) in [5.41, 5.74) is 6.10. The maximum Gasteiger partial charge on any atom is 0.126 e. The smallest absolute Gasteiger partial charge is 0.126 e. The lowest BCUT2D eigenvalue weighted by Crippen LogP contribution is -2.31. The fraction of sp³-hybridized carbons (Fsp3) is 0.222. The summed E-state index contributed by atoms with van der Waals surface area (Å²) in [6, 6.07) is 24.5. The van der Waals surface area contributed by atoms with Gasteiger partial charge < -0.3 is 4.90 Å². The van der Waals surface area contributed by atoms with Crippen molar-refractivity contribution in [3.05, 3.63) is 131 Å². The molecule has 0 amide bonds. The predicted molar refractivity (Wildman–Crippen MR) is 186 cm³/mol. The summed E-state index contributed by atoms with van der Waals surface area (Å²) in [4.78, 5) is 32.3. The quantitative estimate of drug-likeness (QED) is 0.366. The first kappa shape index (κ1) is 30.4. The van der Waals surface area contributed by atoms with Gasteiger partial charge in [-0.15, -0.1) is 0 Å². The van der Waals surface area contributed by atoms with Gasteiger partial charge in [-0.1, -0.05) is 86.0 Å². The molecule has 12 heterocycles. The summed E-state index contributed by atoms with van der Waals surface area (Å²) in [5, 5.41) is 0. The molecule has 222 valence electrons. The van der Waals surface area contributed by atoms with Crippen molar-refractivity contribution in [2.75, 3.05) is 52.4 Å². The molecule has 3 aromatic carbocycles. The summed E-state index contributed by atoms with van der Waals surface area (Å²) >= 11 is 0. The third kappa shape index (κ3) is 9.47. The number of benzene rings is 3. The zero-order valence-electron chi connectivity index (χ0n) is 25.0. The molecule has 1 unspecified atom stereocenters. The second-order valence-corrected chi connectivity index (χ2v) is 10.5. The lowest BCUT2D eigenvalue weighted by atomic mass is 10.1. The van der Waals surface area contributed by atoms with Gasteiger partial charge in [-0.2, -0.15) is 0 Å².